The molecule has 2 aliphatic carbocycles. The Hall–Kier alpha value is -2.03. The molecule has 2 aliphatic rings. The maximum Gasteiger partial charge on any atom is 0.194 e. The molecule has 166 valence electrons. The molecule has 2 aromatic carbocycles. The fraction of sp³-hybridized carbons (Fsp3) is 0.500. The third kappa shape index (κ3) is 5.25. The quantitative estimate of drug-likeness (QED) is 0.320. The van der Waals surface area contributed by atoms with Crippen LogP contribution in [0.2, 0.25) is 0 Å². The van der Waals surface area contributed by atoms with E-state index in [2.05, 4.69) is 24.8 Å². The monoisotopic (exact) mass is 426 g/mol. The van der Waals surface area contributed by atoms with Gasteiger partial charge in [0.2, 0.25) is 0 Å². The van der Waals surface area contributed by atoms with Gasteiger partial charge < -0.3 is 0 Å². The van der Waals surface area contributed by atoms with Gasteiger partial charge in [-0.1, -0.05) is 43.2 Å². The SMILES string of the molecule is C=CCCC1CCC(C2CCC(c3ccc(-c4cc(F)c(F)c(F)c4)cc3)CC2)CC1. The van der Waals surface area contributed by atoms with Crippen LogP contribution in [0.1, 0.15) is 75.7 Å². The molecule has 3 heteroatoms. The van der Waals surface area contributed by atoms with Gasteiger partial charge >= 0.3 is 0 Å². The van der Waals surface area contributed by atoms with Crippen molar-refractivity contribution in [1.29, 1.82) is 0 Å². The summed E-state index contributed by atoms with van der Waals surface area (Å²) in [5, 5.41) is 0. The molecular formula is C28H33F3. The average molecular weight is 427 g/mol. The molecule has 4 rings (SSSR count). The Bertz CT molecular complexity index is 847. The molecule has 2 aromatic rings. The van der Waals surface area contributed by atoms with Crippen molar-refractivity contribution in [2.45, 2.75) is 70.1 Å². The van der Waals surface area contributed by atoms with Crippen LogP contribution < -0.4 is 0 Å². The lowest BCUT2D eigenvalue weighted by Crippen LogP contribution is -2.25. The van der Waals surface area contributed by atoms with Crippen molar-refractivity contribution in [3.63, 3.8) is 0 Å². The molecule has 0 aromatic heterocycles. The van der Waals surface area contributed by atoms with Crippen LogP contribution in [0, 0.1) is 35.2 Å². The third-order valence-corrected chi connectivity index (χ3v) is 7.81. The van der Waals surface area contributed by atoms with Crippen LogP contribution in [0.25, 0.3) is 11.1 Å². The van der Waals surface area contributed by atoms with Crippen LogP contribution in [0.5, 0.6) is 0 Å². The van der Waals surface area contributed by atoms with Gasteiger partial charge in [0.25, 0.3) is 0 Å². The average Bonchev–Trinajstić information content (AvgIpc) is 2.81. The van der Waals surface area contributed by atoms with Crippen molar-refractivity contribution in [3.05, 3.63) is 72.1 Å². The van der Waals surface area contributed by atoms with Gasteiger partial charge in [0, 0.05) is 0 Å². The maximum atomic E-state index is 13.5. The van der Waals surface area contributed by atoms with E-state index >= 15 is 0 Å². The normalized spacial score (nSPS) is 26.5. The fourth-order valence-corrected chi connectivity index (χ4v) is 5.90. The number of allylic oxidation sites excluding steroid dienone is 1. The van der Waals surface area contributed by atoms with Crippen molar-refractivity contribution >= 4 is 0 Å². The van der Waals surface area contributed by atoms with E-state index in [-0.39, 0.29) is 0 Å². The highest BCUT2D eigenvalue weighted by Gasteiger charge is 2.31. The van der Waals surface area contributed by atoms with E-state index in [1.807, 2.05) is 12.1 Å². The first-order chi connectivity index (χ1) is 15.0. The Morgan fingerprint density at radius 3 is 1.84 bits per heavy atom. The first-order valence-electron chi connectivity index (χ1n) is 11.9. The zero-order chi connectivity index (χ0) is 21.8. The second-order valence-corrected chi connectivity index (χ2v) is 9.63. The molecule has 0 radical (unpaired) electrons. The molecule has 2 fully saturated rings. The molecule has 0 bridgehead atoms. The summed E-state index contributed by atoms with van der Waals surface area (Å²) in [7, 11) is 0. The smallest absolute Gasteiger partial charge is 0.194 e. The predicted molar refractivity (Wildman–Crippen MR) is 121 cm³/mol. The van der Waals surface area contributed by atoms with Crippen LogP contribution in [-0.4, -0.2) is 0 Å². The zero-order valence-electron chi connectivity index (χ0n) is 18.3. The molecule has 2 saturated carbocycles. The van der Waals surface area contributed by atoms with Crippen molar-refractivity contribution in [2.24, 2.45) is 17.8 Å². The Morgan fingerprint density at radius 1 is 0.742 bits per heavy atom. The molecule has 0 N–H and O–H groups in total. The maximum absolute atomic E-state index is 13.5. The van der Waals surface area contributed by atoms with Crippen LogP contribution in [0.4, 0.5) is 13.2 Å². The first kappa shape index (κ1) is 22.2. The van der Waals surface area contributed by atoms with Crippen LogP contribution in [-0.2, 0) is 0 Å². The summed E-state index contributed by atoms with van der Waals surface area (Å²) < 4.78 is 40.3. The predicted octanol–water partition coefficient (Wildman–Crippen LogP) is 8.82. The minimum Gasteiger partial charge on any atom is -0.204 e. The highest BCUT2D eigenvalue weighted by atomic mass is 19.2. The first-order valence-corrected chi connectivity index (χ1v) is 11.9. The van der Waals surface area contributed by atoms with Crippen molar-refractivity contribution < 1.29 is 13.2 Å². The lowest BCUT2D eigenvalue weighted by Gasteiger charge is -2.38. The molecule has 0 aliphatic heterocycles. The second kappa shape index (κ2) is 10.1. The lowest BCUT2D eigenvalue weighted by molar-refractivity contribution is 0.157. The summed E-state index contributed by atoms with van der Waals surface area (Å²) >= 11 is 0. The van der Waals surface area contributed by atoms with E-state index < -0.39 is 17.5 Å². The second-order valence-electron chi connectivity index (χ2n) is 9.63. The molecular weight excluding hydrogens is 393 g/mol. The summed E-state index contributed by atoms with van der Waals surface area (Å²) in [5.41, 5.74) is 2.39. The zero-order valence-corrected chi connectivity index (χ0v) is 18.3. The number of rotatable bonds is 6. The molecule has 0 unspecified atom stereocenters. The molecule has 0 amide bonds. The van der Waals surface area contributed by atoms with Gasteiger partial charge in [0.1, 0.15) is 0 Å². The van der Waals surface area contributed by atoms with Crippen molar-refractivity contribution in [1.82, 2.24) is 0 Å². The van der Waals surface area contributed by atoms with E-state index in [4.69, 9.17) is 0 Å². The van der Waals surface area contributed by atoms with Crippen molar-refractivity contribution in [3.8, 4) is 11.1 Å². The van der Waals surface area contributed by atoms with Gasteiger partial charge in [0.15, 0.2) is 17.5 Å². The Morgan fingerprint density at radius 2 is 1.29 bits per heavy atom. The lowest BCUT2D eigenvalue weighted by atomic mass is 9.68. The highest BCUT2D eigenvalue weighted by molar-refractivity contribution is 5.64. The molecule has 0 heterocycles. The molecule has 0 spiro atoms. The number of hydrogen-bond donors (Lipinski definition) is 0. The van der Waals surface area contributed by atoms with E-state index in [1.54, 1.807) is 0 Å². The summed E-state index contributed by atoms with van der Waals surface area (Å²) in [5.74, 6) is -0.447. The van der Waals surface area contributed by atoms with Gasteiger partial charge in [-0.2, -0.15) is 0 Å². The number of benzene rings is 2. The summed E-state index contributed by atoms with van der Waals surface area (Å²) in [6.45, 7) is 3.85. The van der Waals surface area contributed by atoms with Crippen LogP contribution >= 0.6 is 0 Å². The molecule has 31 heavy (non-hydrogen) atoms. The molecule has 0 saturated heterocycles. The van der Waals surface area contributed by atoms with Crippen LogP contribution in [0.3, 0.4) is 0 Å². The van der Waals surface area contributed by atoms with E-state index in [9.17, 15) is 13.2 Å². The van der Waals surface area contributed by atoms with Gasteiger partial charge in [0.05, 0.1) is 0 Å². The highest BCUT2D eigenvalue weighted by Crippen LogP contribution is 2.44. The summed E-state index contributed by atoms with van der Waals surface area (Å²) in [6, 6.07) is 10.1. The third-order valence-electron chi connectivity index (χ3n) is 7.81. The Kier molecular flexibility index (Phi) is 7.20. The summed E-state index contributed by atoms with van der Waals surface area (Å²) in [4.78, 5) is 0. The minimum absolute atomic E-state index is 0.371. The van der Waals surface area contributed by atoms with E-state index in [1.165, 1.54) is 63.4 Å². The number of halogens is 3. The van der Waals surface area contributed by atoms with Gasteiger partial charge in [-0.3, -0.25) is 0 Å². The van der Waals surface area contributed by atoms with Crippen molar-refractivity contribution in [2.75, 3.05) is 0 Å². The fourth-order valence-electron chi connectivity index (χ4n) is 5.90. The topological polar surface area (TPSA) is 0 Å². The largest absolute Gasteiger partial charge is 0.204 e. The standard InChI is InChI=1S/C28H33F3/c1-2-3-4-19-5-7-20(8-6-19)21-9-11-22(12-10-21)23-13-15-24(16-14-23)25-17-26(29)28(31)27(30)18-25/h2,13-22H,1,3-12H2. The Balaban J connectivity index is 1.31. The minimum atomic E-state index is -1.41. The van der Waals surface area contributed by atoms with E-state index in [0.29, 0.717) is 17.0 Å². The number of hydrogen-bond acceptors (Lipinski definition) is 0. The van der Waals surface area contributed by atoms with Gasteiger partial charge in [-0.15, -0.1) is 6.58 Å². The van der Waals surface area contributed by atoms with Crippen LogP contribution in [0.15, 0.2) is 49.1 Å². The van der Waals surface area contributed by atoms with Gasteiger partial charge in [-0.25, -0.2) is 13.2 Å². The van der Waals surface area contributed by atoms with E-state index in [0.717, 1.165) is 36.3 Å². The Labute approximate surface area is 184 Å². The molecule has 0 nitrogen and oxygen atoms in total. The van der Waals surface area contributed by atoms with Gasteiger partial charge in [-0.05, 0) is 104 Å². The molecule has 0 atom stereocenters. The summed E-state index contributed by atoms with van der Waals surface area (Å²) in [6.07, 6.45) is 15.2.